The molecule has 0 aliphatic rings. The summed E-state index contributed by atoms with van der Waals surface area (Å²) in [4.78, 5) is 22.0. The van der Waals surface area contributed by atoms with Gasteiger partial charge in [-0.25, -0.2) is 9.59 Å². The minimum Gasteiger partial charge on any atom is -0.428 e. The summed E-state index contributed by atoms with van der Waals surface area (Å²) in [5, 5.41) is -3.22. The molecular formula is C10H18Cl3O6P. The smallest absolute Gasteiger partial charge is 0.428 e. The molecule has 0 aromatic rings. The third-order valence-electron chi connectivity index (χ3n) is 0.946. The van der Waals surface area contributed by atoms with E-state index in [2.05, 4.69) is 38.5 Å². The van der Waals surface area contributed by atoms with Gasteiger partial charge in [-0.1, -0.05) is 0 Å². The molecule has 6 nitrogen and oxygen atoms in total. The highest BCUT2D eigenvalue weighted by atomic mass is 36.0. The van der Waals surface area contributed by atoms with Crippen molar-refractivity contribution in [3.05, 3.63) is 0 Å². The van der Waals surface area contributed by atoms with Crippen molar-refractivity contribution in [3.63, 3.8) is 0 Å². The van der Waals surface area contributed by atoms with E-state index in [1.165, 1.54) is 0 Å². The van der Waals surface area contributed by atoms with Gasteiger partial charge in [-0.2, -0.15) is 0 Å². The summed E-state index contributed by atoms with van der Waals surface area (Å²) in [5.41, 5.74) is -1.39. The summed E-state index contributed by atoms with van der Waals surface area (Å²) < 4.78 is 23.3. The van der Waals surface area contributed by atoms with Crippen molar-refractivity contribution in [1.29, 1.82) is 0 Å². The van der Waals surface area contributed by atoms with Crippen molar-refractivity contribution in [2.75, 3.05) is 0 Å². The summed E-state index contributed by atoms with van der Waals surface area (Å²) in [6.45, 7) is 10.0. The predicted molar refractivity (Wildman–Crippen MR) is 78.7 cm³/mol. The molecule has 0 N–H and O–H groups in total. The van der Waals surface area contributed by atoms with E-state index in [9.17, 15) is 14.2 Å². The van der Waals surface area contributed by atoms with E-state index in [4.69, 9.17) is 9.47 Å². The van der Waals surface area contributed by atoms with Gasteiger partial charge in [0, 0.05) is 0 Å². The van der Waals surface area contributed by atoms with E-state index >= 15 is 0 Å². The lowest BCUT2D eigenvalue weighted by Crippen LogP contribution is -2.29. The molecule has 0 atom stereocenters. The monoisotopic (exact) mass is 370 g/mol. The molecule has 20 heavy (non-hydrogen) atoms. The first-order valence-electron chi connectivity index (χ1n) is 5.32. The lowest BCUT2D eigenvalue weighted by molar-refractivity contribution is -0.0293. The van der Waals surface area contributed by atoms with Crippen LogP contribution in [0.25, 0.3) is 0 Å². The van der Waals surface area contributed by atoms with Crippen LogP contribution in [0.15, 0.2) is 0 Å². The normalized spacial score (nSPS) is 11.8. The Balaban J connectivity index is 0. The topological polar surface area (TPSA) is 78.9 Å². The number of hydrogen-bond donors (Lipinski definition) is 0. The summed E-state index contributed by atoms with van der Waals surface area (Å²) >= 11 is 13.8. The van der Waals surface area contributed by atoms with Crippen molar-refractivity contribution < 1.29 is 28.4 Å². The molecule has 0 aliphatic heterocycles. The highest BCUT2D eigenvalue weighted by molar-refractivity contribution is 8.24. The molecule has 0 fully saturated rings. The molecule has 0 rings (SSSR count). The largest absolute Gasteiger partial charge is 0.519 e. The van der Waals surface area contributed by atoms with Gasteiger partial charge in [0.05, 0.1) is 0 Å². The van der Waals surface area contributed by atoms with Gasteiger partial charge >= 0.3 is 17.5 Å². The van der Waals surface area contributed by atoms with Crippen LogP contribution in [0.4, 0.5) is 9.59 Å². The number of hydrogen-bond acceptors (Lipinski definition) is 6. The van der Waals surface area contributed by atoms with Crippen molar-refractivity contribution in [3.8, 4) is 0 Å². The molecule has 0 spiro atoms. The minimum absolute atomic E-state index is 0.695. The van der Waals surface area contributed by atoms with E-state index in [1.807, 2.05) is 0 Å². The molecule has 0 saturated heterocycles. The maximum absolute atomic E-state index is 11.0. The Kier molecular flexibility index (Phi) is 9.21. The number of rotatable bonds is 0. The van der Waals surface area contributed by atoms with Crippen LogP contribution in [-0.2, 0) is 18.8 Å². The van der Waals surface area contributed by atoms with Crippen LogP contribution >= 0.6 is 38.9 Å². The van der Waals surface area contributed by atoms with Crippen molar-refractivity contribution in [2.24, 2.45) is 0 Å². The van der Waals surface area contributed by atoms with Crippen LogP contribution in [0.3, 0.4) is 0 Å². The zero-order chi connectivity index (χ0) is 16.8. The second-order valence-electron chi connectivity index (χ2n) is 5.43. The highest BCUT2D eigenvalue weighted by Gasteiger charge is 2.24. The van der Waals surface area contributed by atoms with Crippen LogP contribution in [0.5, 0.6) is 0 Å². The quantitative estimate of drug-likeness (QED) is 0.309. The molecule has 10 heteroatoms. The summed E-state index contributed by atoms with van der Waals surface area (Å²) in [6.07, 6.45) is -2.12. The number of halogens is 3. The summed E-state index contributed by atoms with van der Waals surface area (Å²) in [5.74, 6) is 0. The lowest BCUT2D eigenvalue weighted by atomic mass is 10.2. The zero-order valence-electron chi connectivity index (χ0n) is 12.0. The fourth-order valence-electron chi connectivity index (χ4n) is 0.610. The standard InChI is InChI=1S/C10H18O5.Cl3OP/c1-9(2,3)14-7(11)13-8(12)15-10(4,5)6;1-5(2,3)4/h1-6H3;. The Bertz CT molecular complexity index is 345. The van der Waals surface area contributed by atoms with Gasteiger partial charge in [-0.15, -0.1) is 0 Å². The Hall–Kier alpha value is -0.160. The number of carbonyl (C=O) groups excluding carboxylic acids is 2. The first-order chi connectivity index (χ1) is 8.49. The lowest BCUT2D eigenvalue weighted by Gasteiger charge is -2.20. The van der Waals surface area contributed by atoms with Crippen LogP contribution < -0.4 is 0 Å². The van der Waals surface area contributed by atoms with E-state index in [-0.39, 0.29) is 0 Å². The van der Waals surface area contributed by atoms with E-state index < -0.39 is 28.7 Å². The third kappa shape index (κ3) is 26.4. The molecule has 0 aliphatic carbocycles. The second kappa shape index (κ2) is 8.32. The Morgan fingerprint density at radius 1 is 0.800 bits per heavy atom. The predicted octanol–water partition coefficient (Wildman–Crippen LogP) is 5.68. The van der Waals surface area contributed by atoms with Gasteiger partial charge < -0.3 is 14.2 Å². The van der Waals surface area contributed by atoms with E-state index in [1.54, 1.807) is 41.5 Å². The molecular weight excluding hydrogens is 353 g/mol. The maximum Gasteiger partial charge on any atom is 0.519 e. The molecule has 0 aromatic heterocycles. The summed E-state index contributed by atoms with van der Waals surface area (Å²) in [7, 11) is 0. The molecule has 0 unspecified atom stereocenters. The molecule has 120 valence electrons. The van der Waals surface area contributed by atoms with Crippen LogP contribution in [-0.4, -0.2) is 23.5 Å². The maximum atomic E-state index is 11.0. The SMILES string of the molecule is CC(C)(C)OC(=O)OC(=O)OC(C)(C)C.O=P(Cl)(Cl)Cl. The Labute approximate surface area is 132 Å². The van der Waals surface area contributed by atoms with Gasteiger partial charge in [-0.05, 0) is 75.3 Å². The fraction of sp³-hybridized carbons (Fsp3) is 0.800. The molecule has 0 aromatic carbocycles. The fourth-order valence-corrected chi connectivity index (χ4v) is 0.610. The minimum atomic E-state index is -3.22. The summed E-state index contributed by atoms with van der Waals surface area (Å²) in [6, 6.07) is 0. The average Bonchev–Trinajstić information content (AvgIpc) is 1.89. The second-order valence-corrected chi connectivity index (χ2v) is 12.1. The molecule has 0 bridgehead atoms. The first-order valence-corrected chi connectivity index (χ1v) is 9.74. The number of ether oxygens (including phenoxy) is 3. The van der Waals surface area contributed by atoms with Gasteiger partial charge in [0.25, 0.3) is 0 Å². The average molecular weight is 372 g/mol. The van der Waals surface area contributed by atoms with Crippen molar-refractivity contribution in [2.45, 2.75) is 52.7 Å². The zero-order valence-corrected chi connectivity index (χ0v) is 15.2. The van der Waals surface area contributed by atoms with Gasteiger partial charge in [0.15, 0.2) is 0 Å². The number of carbonyl (C=O) groups is 2. The highest BCUT2D eigenvalue weighted by Crippen LogP contribution is 2.61. The van der Waals surface area contributed by atoms with Gasteiger partial charge in [0.2, 0.25) is 0 Å². The van der Waals surface area contributed by atoms with Crippen molar-refractivity contribution >= 4 is 51.2 Å². The van der Waals surface area contributed by atoms with Crippen LogP contribution in [0.2, 0.25) is 0 Å². The molecule has 0 radical (unpaired) electrons. The first kappa shape index (κ1) is 22.1. The molecule has 0 saturated carbocycles. The van der Waals surface area contributed by atoms with Crippen LogP contribution in [0, 0.1) is 0 Å². The van der Waals surface area contributed by atoms with E-state index in [0.29, 0.717) is 0 Å². The van der Waals surface area contributed by atoms with Crippen molar-refractivity contribution in [1.82, 2.24) is 0 Å². The molecule has 0 amide bonds. The Morgan fingerprint density at radius 2 is 1.00 bits per heavy atom. The molecule has 0 heterocycles. The van der Waals surface area contributed by atoms with Gasteiger partial charge in [0.1, 0.15) is 11.2 Å². The van der Waals surface area contributed by atoms with Gasteiger partial charge in [-0.3, -0.25) is 4.57 Å². The Morgan fingerprint density at radius 3 is 1.15 bits per heavy atom. The van der Waals surface area contributed by atoms with Crippen LogP contribution in [0.1, 0.15) is 41.5 Å². The third-order valence-corrected chi connectivity index (χ3v) is 0.946. The van der Waals surface area contributed by atoms with E-state index in [0.717, 1.165) is 0 Å².